The minimum absolute atomic E-state index is 0.0653. The van der Waals surface area contributed by atoms with Crippen molar-refractivity contribution in [2.75, 3.05) is 13.2 Å². The SMILES string of the molecule is Fc1cc(OC2CCOC2)ccc1Br. The minimum atomic E-state index is -0.304. The van der Waals surface area contributed by atoms with Crippen molar-refractivity contribution in [1.82, 2.24) is 0 Å². The van der Waals surface area contributed by atoms with Gasteiger partial charge in [0.1, 0.15) is 17.7 Å². The number of rotatable bonds is 2. The first kappa shape index (κ1) is 9.93. The second-order valence-corrected chi connectivity index (χ2v) is 4.03. The van der Waals surface area contributed by atoms with Crippen LogP contribution < -0.4 is 4.74 Å². The van der Waals surface area contributed by atoms with Crippen molar-refractivity contribution < 1.29 is 13.9 Å². The lowest BCUT2D eigenvalue weighted by molar-refractivity contribution is 0.141. The fourth-order valence-electron chi connectivity index (χ4n) is 1.35. The Kier molecular flexibility index (Phi) is 3.03. The van der Waals surface area contributed by atoms with Crippen LogP contribution in [0, 0.1) is 5.82 Å². The Labute approximate surface area is 90.1 Å². The number of ether oxygens (including phenoxy) is 2. The van der Waals surface area contributed by atoms with Gasteiger partial charge in [0, 0.05) is 12.5 Å². The predicted octanol–water partition coefficient (Wildman–Crippen LogP) is 2.76. The molecule has 2 rings (SSSR count). The molecule has 0 N–H and O–H groups in total. The summed E-state index contributed by atoms with van der Waals surface area (Å²) in [6.07, 6.45) is 0.938. The molecular formula is C10H10BrFO2. The average Bonchev–Trinajstić information content (AvgIpc) is 2.64. The third-order valence-electron chi connectivity index (χ3n) is 2.08. The molecule has 1 aromatic rings. The molecule has 1 unspecified atom stereocenters. The van der Waals surface area contributed by atoms with Gasteiger partial charge in [-0.3, -0.25) is 0 Å². The highest BCUT2D eigenvalue weighted by molar-refractivity contribution is 9.10. The van der Waals surface area contributed by atoms with Crippen LogP contribution in [0.3, 0.4) is 0 Å². The summed E-state index contributed by atoms with van der Waals surface area (Å²) < 4.78 is 24.2. The summed E-state index contributed by atoms with van der Waals surface area (Å²) in [5.41, 5.74) is 0. The van der Waals surface area contributed by atoms with E-state index in [1.807, 2.05) is 0 Å². The molecular weight excluding hydrogens is 251 g/mol. The highest BCUT2D eigenvalue weighted by Gasteiger charge is 2.17. The molecule has 1 heterocycles. The van der Waals surface area contributed by atoms with E-state index in [4.69, 9.17) is 9.47 Å². The Hall–Kier alpha value is -0.610. The van der Waals surface area contributed by atoms with Crippen molar-refractivity contribution in [3.63, 3.8) is 0 Å². The number of halogens is 2. The molecule has 1 atom stereocenters. The first-order chi connectivity index (χ1) is 6.75. The van der Waals surface area contributed by atoms with E-state index in [2.05, 4.69) is 15.9 Å². The summed E-state index contributed by atoms with van der Waals surface area (Å²) in [5.74, 6) is 0.252. The van der Waals surface area contributed by atoms with E-state index < -0.39 is 0 Å². The molecule has 1 aliphatic heterocycles. The Bertz CT molecular complexity index is 324. The maximum atomic E-state index is 13.1. The minimum Gasteiger partial charge on any atom is -0.488 e. The number of benzene rings is 1. The summed E-state index contributed by atoms with van der Waals surface area (Å²) in [4.78, 5) is 0. The molecule has 0 aliphatic carbocycles. The van der Waals surface area contributed by atoms with Crippen LogP contribution in [0.2, 0.25) is 0 Å². The molecule has 1 saturated heterocycles. The highest BCUT2D eigenvalue weighted by Crippen LogP contribution is 2.23. The van der Waals surface area contributed by atoms with Crippen LogP contribution in [0.15, 0.2) is 22.7 Å². The molecule has 0 spiro atoms. The van der Waals surface area contributed by atoms with E-state index in [9.17, 15) is 4.39 Å². The predicted molar refractivity (Wildman–Crippen MR) is 54.0 cm³/mol. The lowest BCUT2D eigenvalue weighted by Crippen LogP contribution is -2.15. The van der Waals surface area contributed by atoms with E-state index in [0.29, 0.717) is 16.8 Å². The van der Waals surface area contributed by atoms with Crippen LogP contribution in [0.4, 0.5) is 4.39 Å². The van der Waals surface area contributed by atoms with E-state index >= 15 is 0 Å². The van der Waals surface area contributed by atoms with Gasteiger partial charge in [-0.05, 0) is 28.1 Å². The zero-order valence-corrected chi connectivity index (χ0v) is 9.09. The molecule has 0 amide bonds. The first-order valence-corrected chi connectivity index (χ1v) is 5.24. The smallest absolute Gasteiger partial charge is 0.141 e. The van der Waals surface area contributed by atoms with Crippen LogP contribution in [-0.2, 0) is 4.74 Å². The fourth-order valence-corrected chi connectivity index (χ4v) is 1.60. The molecule has 1 aromatic carbocycles. The summed E-state index contributed by atoms with van der Waals surface area (Å²) in [6.45, 7) is 1.32. The molecule has 0 bridgehead atoms. The van der Waals surface area contributed by atoms with Crippen LogP contribution >= 0.6 is 15.9 Å². The number of hydrogen-bond acceptors (Lipinski definition) is 2. The second-order valence-electron chi connectivity index (χ2n) is 3.18. The maximum Gasteiger partial charge on any atom is 0.141 e. The van der Waals surface area contributed by atoms with Crippen molar-refractivity contribution in [2.24, 2.45) is 0 Å². The summed E-state index contributed by atoms with van der Waals surface area (Å²) in [5, 5.41) is 0. The van der Waals surface area contributed by atoms with Crippen molar-refractivity contribution in [1.29, 1.82) is 0 Å². The van der Waals surface area contributed by atoms with Gasteiger partial charge in [0.2, 0.25) is 0 Å². The van der Waals surface area contributed by atoms with Crippen LogP contribution in [-0.4, -0.2) is 19.3 Å². The molecule has 0 aromatic heterocycles. The molecule has 14 heavy (non-hydrogen) atoms. The fraction of sp³-hybridized carbons (Fsp3) is 0.400. The maximum absolute atomic E-state index is 13.1. The highest BCUT2D eigenvalue weighted by atomic mass is 79.9. The third kappa shape index (κ3) is 2.25. The van der Waals surface area contributed by atoms with E-state index in [1.165, 1.54) is 6.07 Å². The molecule has 2 nitrogen and oxygen atoms in total. The normalized spacial score (nSPS) is 21.1. The van der Waals surface area contributed by atoms with Gasteiger partial charge in [0.25, 0.3) is 0 Å². The molecule has 0 radical (unpaired) electrons. The van der Waals surface area contributed by atoms with Gasteiger partial charge >= 0.3 is 0 Å². The van der Waals surface area contributed by atoms with Gasteiger partial charge in [-0.2, -0.15) is 0 Å². The van der Waals surface area contributed by atoms with Crippen LogP contribution in [0.25, 0.3) is 0 Å². The quantitative estimate of drug-likeness (QED) is 0.814. The van der Waals surface area contributed by atoms with Gasteiger partial charge in [0.05, 0.1) is 17.7 Å². The molecule has 76 valence electrons. The summed E-state index contributed by atoms with van der Waals surface area (Å²) in [7, 11) is 0. The van der Waals surface area contributed by atoms with Gasteiger partial charge < -0.3 is 9.47 Å². The van der Waals surface area contributed by atoms with Crippen LogP contribution in [0.1, 0.15) is 6.42 Å². The second kappa shape index (κ2) is 4.28. The lowest BCUT2D eigenvalue weighted by atomic mass is 10.3. The summed E-state index contributed by atoms with van der Waals surface area (Å²) in [6, 6.07) is 4.76. The molecule has 0 saturated carbocycles. The summed E-state index contributed by atoms with van der Waals surface area (Å²) >= 11 is 3.09. The Morgan fingerprint density at radius 3 is 3.00 bits per heavy atom. The molecule has 1 fully saturated rings. The van der Waals surface area contributed by atoms with Crippen molar-refractivity contribution in [3.8, 4) is 5.75 Å². The van der Waals surface area contributed by atoms with Gasteiger partial charge in [-0.1, -0.05) is 0 Å². The van der Waals surface area contributed by atoms with Crippen molar-refractivity contribution in [3.05, 3.63) is 28.5 Å². The van der Waals surface area contributed by atoms with Crippen LogP contribution in [0.5, 0.6) is 5.75 Å². The first-order valence-electron chi connectivity index (χ1n) is 4.45. The standard InChI is InChI=1S/C10H10BrFO2/c11-9-2-1-7(5-10(9)12)14-8-3-4-13-6-8/h1-2,5,8H,3-4,6H2. The molecule has 1 aliphatic rings. The zero-order valence-electron chi connectivity index (χ0n) is 7.50. The topological polar surface area (TPSA) is 18.5 Å². The monoisotopic (exact) mass is 260 g/mol. The zero-order chi connectivity index (χ0) is 9.97. The van der Waals surface area contributed by atoms with Gasteiger partial charge in [-0.25, -0.2) is 4.39 Å². The average molecular weight is 261 g/mol. The van der Waals surface area contributed by atoms with Gasteiger partial charge in [-0.15, -0.1) is 0 Å². The lowest BCUT2D eigenvalue weighted by Gasteiger charge is -2.11. The Morgan fingerprint density at radius 1 is 1.50 bits per heavy atom. The van der Waals surface area contributed by atoms with E-state index in [1.54, 1.807) is 12.1 Å². The third-order valence-corrected chi connectivity index (χ3v) is 2.72. The van der Waals surface area contributed by atoms with Crippen molar-refractivity contribution >= 4 is 15.9 Å². The Balaban J connectivity index is 2.05. The largest absolute Gasteiger partial charge is 0.488 e. The van der Waals surface area contributed by atoms with E-state index in [-0.39, 0.29) is 11.9 Å². The Morgan fingerprint density at radius 2 is 2.36 bits per heavy atom. The van der Waals surface area contributed by atoms with E-state index in [0.717, 1.165) is 13.0 Å². The van der Waals surface area contributed by atoms with Gasteiger partial charge in [0.15, 0.2) is 0 Å². The van der Waals surface area contributed by atoms with Crippen molar-refractivity contribution in [2.45, 2.75) is 12.5 Å². The number of hydrogen-bond donors (Lipinski definition) is 0. The molecule has 4 heteroatoms.